The van der Waals surface area contributed by atoms with Gasteiger partial charge in [0, 0.05) is 5.92 Å². The normalized spacial score (nSPS) is 24.1. The van der Waals surface area contributed by atoms with Crippen molar-refractivity contribution in [2.45, 2.75) is 31.4 Å². The van der Waals surface area contributed by atoms with E-state index in [1.807, 2.05) is 0 Å². The molecule has 5 heteroatoms. The van der Waals surface area contributed by atoms with Crippen molar-refractivity contribution >= 4 is 18.3 Å². The number of carbonyl (C=O) groups excluding carboxylic acids is 1. The third kappa shape index (κ3) is 3.61. The smallest absolute Gasteiger partial charge is 0.223 e. The lowest BCUT2D eigenvalue weighted by Crippen LogP contribution is -2.47. The Morgan fingerprint density at radius 3 is 2.53 bits per heavy atom. The average Bonchev–Trinajstić information content (AvgIpc) is 2.99. The van der Waals surface area contributed by atoms with E-state index in [1.54, 1.807) is 0 Å². The highest BCUT2D eigenvalue weighted by Gasteiger charge is 2.35. The van der Waals surface area contributed by atoms with Gasteiger partial charge in [0.2, 0.25) is 5.91 Å². The van der Waals surface area contributed by atoms with Gasteiger partial charge in [-0.2, -0.15) is 0 Å². The van der Waals surface area contributed by atoms with Crippen molar-refractivity contribution in [1.82, 2.24) is 10.6 Å². The molecule has 1 saturated carbocycles. The molecule has 15 heavy (non-hydrogen) atoms. The summed E-state index contributed by atoms with van der Waals surface area (Å²) >= 11 is 0. The zero-order valence-corrected chi connectivity index (χ0v) is 9.54. The molecule has 2 aliphatic rings. The highest BCUT2D eigenvalue weighted by atomic mass is 35.5. The molecular weight excluding hydrogens is 219 g/mol. The van der Waals surface area contributed by atoms with Gasteiger partial charge in [-0.1, -0.05) is 0 Å². The maximum Gasteiger partial charge on any atom is 0.223 e. The lowest BCUT2D eigenvalue weighted by atomic mass is 9.94. The van der Waals surface area contributed by atoms with Crippen molar-refractivity contribution < 1.29 is 9.18 Å². The number of amides is 1. The Kier molecular flexibility index (Phi) is 4.34. The topological polar surface area (TPSA) is 41.1 Å². The Labute approximate surface area is 95.6 Å². The Bertz CT molecular complexity index is 227. The molecule has 1 aliphatic carbocycles. The van der Waals surface area contributed by atoms with Crippen molar-refractivity contribution in [2.24, 2.45) is 5.92 Å². The first-order valence-corrected chi connectivity index (χ1v) is 5.37. The van der Waals surface area contributed by atoms with Gasteiger partial charge in [0.25, 0.3) is 0 Å². The molecule has 2 fully saturated rings. The second-order valence-corrected chi connectivity index (χ2v) is 4.39. The Hall–Kier alpha value is -0.350. The van der Waals surface area contributed by atoms with E-state index in [2.05, 4.69) is 10.6 Å². The van der Waals surface area contributed by atoms with E-state index in [9.17, 15) is 9.18 Å². The van der Waals surface area contributed by atoms with Gasteiger partial charge in [-0.05, 0) is 38.8 Å². The van der Waals surface area contributed by atoms with Crippen LogP contribution >= 0.6 is 12.4 Å². The predicted molar refractivity (Wildman–Crippen MR) is 58.9 cm³/mol. The highest BCUT2D eigenvalue weighted by Crippen LogP contribution is 2.29. The molecule has 2 N–H and O–H groups in total. The van der Waals surface area contributed by atoms with Gasteiger partial charge in [0.15, 0.2) is 0 Å². The maximum absolute atomic E-state index is 14.0. The van der Waals surface area contributed by atoms with E-state index >= 15 is 0 Å². The molecule has 0 unspecified atom stereocenters. The number of alkyl halides is 1. The summed E-state index contributed by atoms with van der Waals surface area (Å²) in [4.78, 5) is 11.3. The quantitative estimate of drug-likeness (QED) is 0.769. The third-order valence-electron chi connectivity index (χ3n) is 3.03. The van der Waals surface area contributed by atoms with Crippen LogP contribution in [0, 0.1) is 5.92 Å². The van der Waals surface area contributed by atoms with Crippen LogP contribution < -0.4 is 10.6 Å². The number of hydrogen-bond donors (Lipinski definition) is 2. The van der Waals surface area contributed by atoms with Crippen LogP contribution in [-0.4, -0.2) is 31.2 Å². The zero-order valence-electron chi connectivity index (χ0n) is 8.72. The van der Waals surface area contributed by atoms with Crippen molar-refractivity contribution in [3.05, 3.63) is 0 Å². The minimum atomic E-state index is -1.17. The number of halogens is 2. The monoisotopic (exact) mass is 236 g/mol. The van der Waals surface area contributed by atoms with Crippen molar-refractivity contribution in [2.75, 3.05) is 19.6 Å². The van der Waals surface area contributed by atoms with E-state index in [0.717, 1.165) is 25.9 Å². The lowest BCUT2D eigenvalue weighted by Gasteiger charge is -2.30. The number of nitrogens with one attached hydrogen (secondary N) is 2. The fraction of sp³-hybridized carbons (Fsp3) is 0.900. The molecule has 0 atom stereocenters. The van der Waals surface area contributed by atoms with Crippen LogP contribution in [0.1, 0.15) is 25.7 Å². The maximum atomic E-state index is 14.0. The molecule has 0 bridgehead atoms. The standard InChI is InChI=1S/C10H17FN2O.ClH/c11-10(3-5-12-6-4-10)7-13-9(14)8-1-2-8;/h8,12H,1-7H2,(H,13,14);1H. The molecule has 0 radical (unpaired) electrons. The van der Waals surface area contributed by atoms with E-state index < -0.39 is 5.67 Å². The molecule has 0 aromatic carbocycles. The number of hydrogen-bond acceptors (Lipinski definition) is 2. The van der Waals surface area contributed by atoms with Gasteiger partial charge >= 0.3 is 0 Å². The van der Waals surface area contributed by atoms with Crippen LogP contribution in [0.5, 0.6) is 0 Å². The minimum Gasteiger partial charge on any atom is -0.353 e. The second-order valence-electron chi connectivity index (χ2n) is 4.39. The van der Waals surface area contributed by atoms with Crippen LogP contribution in [0.25, 0.3) is 0 Å². The van der Waals surface area contributed by atoms with Crippen molar-refractivity contribution in [3.63, 3.8) is 0 Å². The van der Waals surface area contributed by atoms with Gasteiger partial charge in [-0.3, -0.25) is 4.79 Å². The lowest BCUT2D eigenvalue weighted by molar-refractivity contribution is -0.123. The van der Waals surface area contributed by atoms with Crippen LogP contribution in [0.3, 0.4) is 0 Å². The fourth-order valence-corrected chi connectivity index (χ4v) is 1.79. The van der Waals surface area contributed by atoms with Gasteiger partial charge < -0.3 is 10.6 Å². The summed E-state index contributed by atoms with van der Waals surface area (Å²) in [6, 6.07) is 0. The molecule has 3 nitrogen and oxygen atoms in total. The van der Waals surface area contributed by atoms with Gasteiger partial charge in [0.1, 0.15) is 5.67 Å². The molecule has 1 amide bonds. The Balaban J connectivity index is 0.00000112. The number of rotatable bonds is 3. The third-order valence-corrected chi connectivity index (χ3v) is 3.03. The fourth-order valence-electron chi connectivity index (χ4n) is 1.79. The second kappa shape index (κ2) is 5.12. The van der Waals surface area contributed by atoms with E-state index in [4.69, 9.17) is 0 Å². The number of carbonyl (C=O) groups is 1. The van der Waals surface area contributed by atoms with E-state index in [0.29, 0.717) is 12.8 Å². The van der Waals surface area contributed by atoms with Crippen LogP contribution in [0.2, 0.25) is 0 Å². The molecule has 0 aromatic heterocycles. The molecule has 1 saturated heterocycles. The highest BCUT2D eigenvalue weighted by molar-refractivity contribution is 5.85. The largest absolute Gasteiger partial charge is 0.353 e. The van der Waals surface area contributed by atoms with Crippen molar-refractivity contribution in [1.29, 1.82) is 0 Å². The Morgan fingerprint density at radius 1 is 1.40 bits per heavy atom. The molecule has 2 rings (SSSR count). The molecule has 0 aromatic rings. The van der Waals surface area contributed by atoms with E-state index in [-0.39, 0.29) is 30.8 Å². The molecule has 0 spiro atoms. The van der Waals surface area contributed by atoms with E-state index in [1.165, 1.54) is 0 Å². The Morgan fingerprint density at radius 2 is 2.00 bits per heavy atom. The van der Waals surface area contributed by atoms with Gasteiger partial charge in [-0.25, -0.2) is 4.39 Å². The van der Waals surface area contributed by atoms with Gasteiger partial charge in [-0.15, -0.1) is 12.4 Å². The van der Waals surface area contributed by atoms with Crippen molar-refractivity contribution in [3.8, 4) is 0 Å². The molecule has 88 valence electrons. The first-order valence-electron chi connectivity index (χ1n) is 5.37. The first-order chi connectivity index (χ1) is 6.70. The molecular formula is C10H18ClFN2O. The molecule has 1 aliphatic heterocycles. The first kappa shape index (κ1) is 12.7. The van der Waals surface area contributed by atoms with Gasteiger partial charge in [0.05, 0.1) is 6.54 Å². The minimum absolute atomic E-state index is 0. The summed E-state index contributed by atoms with van der Waals surface area (Å²) in [6.45, 7) is 1.63. The predicted octanol–water partition coefficient (Wildman–Crippen LogP) is 1.03. The summed E-state index contributed by atoms with van der Waals surface area (Å²) in [5, 5.41) is 5.82. The van der Waals surface area contributed by atoms with Crippen LogP contribution in [0.4, 0.5) is 4.39 Å². The number of piperidine rings is 1. The van der Waals surface area contributed by atoms with Crippen LogP contribution in [0.15, 0.2) is 0 Å². The van der Waals surface area contributed by atoms with Crippen LogP contribution in [-0.2, 0) is 4.79 Å². The summed E-state index contributed by atoms with van der Waals surface area (Å²) in [5.41, 5.74) is -1.17. The summed E-state index contributed by atoms with van der Waals surface area (Å²) in [7, 11) is 0. The zero-order chi connectivity index (χ0) is 10.0. The molecule has 1 heterocycles. The summed E-state index contributed by atoms with van der Waals surface area (Å²) in [5.74, 6) is 0.223. The summed E-state index contributed by atoms with van der Waals surface area (Å²) in [6.07, 6.45) is 2.98. The SMILES string of the molecule is Cl.O=C(NCC1(F)CCNCC1)C1CC1. The average molecular weight is 237 g/mol. The summed E-state index contributed by atoms with van der Waals surface area (Å²) < 4.78 is 14.0.